The van der Waals surface area contributed by atoms with Crippen LogP contribution in [0, 0.1) is 17.7 Å². The molecule has 2 unspecified atom stereocenters. The average Bonchev–Trinajstić information content (AvgIpc) is 3.50. The normalized spacial score (nSPS) is 25.0. The van der Waals surface area contributed by atoms with Gasteiger partial charge in [-0.3, -0.25) is 14.7 Å². The molecule has 4 atom stereocenters. The molecule has 3 heterocycles. The Balaban J connectivity index is 1.39. The van der Waals surface area contributed by atoms with Crippen molar-refractivity contribution < 1.29 is 9.18 Å². The van der Waals surface area contributed by atoms with Crippen LogP contribution in [0.25, 0.3) is 6.20 Å². The van der Waals surface area contributed by atoms with Crippen molar-refractivity contribution in [3.63, 3.8) is 0 Å². The molecule has 1 aliphatic carbocycles. The Kier molecular flexibility index (Phi) is 7.04. The topological polar surface area (TPSA) is 77.0 Å². The third-order valence-corrected chi connectivity index (χ3v) is 7.35. The van der Waals surface area contributed by atoms with Crippen LogP contribution in [0.1, 0.15) is 80.8 Å². The Bertz CT molecular complexity index is 971. The van der Waals surface area contributed by atoms with Crippen LogP contribution >= 0.6 is 0 Å². The average molecular weight is 440 g/mol. The molecule has 4 rings (SSSR count). The molecule has 0 aromatic carbocycles. The van der Waals surface area contributed by atoms with Crippen LogP contribution in [0.3, 0.4) is 0 Å². The number of aromatic nitrogens is 3. The number of hydrogen-bond acceptors (Lipinski definition) is 5. The van der Waals surface area contributed by atoms with E-state index in [1.54, 1.807) is 23.1 Å². The summed E-state index contributed by atoms with van der Waals surface area (Å²) >= 11 is 0. The van der Waals surface area contributed by atoms with E-state index in [1.165, 1.54) is 25.5 Å². The number of nitrogens with two attached hydrogens (primary N) is 1. The van der Waals surface area contributed by atoms with Crippen molar-refractivity contribution in [1.29, 1.82) is 0 Å². The molecule has 2 aliphatic rings. The Morgan fingerprint density at radius 1 is 1.28 bits per heavy atom. The minimum atomic E-state index is -0.304. The molecule has 2 aromatic rings. The zero-order valence-electron chi connectivity index (χ0n) is 19.1. The predicted molar refractivity (Wildman–Crippen MR) is 124 cm³/mol. The number of nitrogens with zero attached hydrogens (tertiary/aromatic N) is 4. The molecule has 0 radical (unpaired) electrons. The van der Waals surface area contributed by atoms with Crippen LogP contribution in [-0.2, 0) is 0 Å². The number of nitrogen functional groups attached to an aromatic ring is 1. The van der Waals surface area contributed by atoms with E-state index in [-0.39, 0.29) is 23.7 Å². The van der Waals surface area contributed by atoms with Crippen LogP contribution in [0.5, 0.6) is 0 Å². The van der Waals surface area contributed by atoms with Gasteiger partial charge in [-0.25, -0.2) is 9.07 Å². The standard InChI is InChI=1S/C25H34FN5O/c1-17-5-3-6-19(17)8-9-24(32)22-16-29-31(25(22)27)12-10-18(2)30-11-4-7-23(30)20-13-21(26)15-28-14-20/h10,12-19,23H,3-9,11,27H2,1-2H3/b12-10-/t17-,18?,19?,23+/m0/s1. The number of hydrogen-bond donors (Lipinski definition) is 1. The van der Waals surface area contributed by atoms with Crippen LogP contribution in [0.4, 0.5) is 10.2 Å². The highest BCUT2D eigenvalue weighted by Gasteiger charge is 2.29. The zero-order valence-corrected chi connectivity index (χ0v) is 19.1. The first-order valence-corrected chi connectivity index (χ1v) is 11.8. The maximum atomic E-state index is 13.6. The summed E-state index contributed by atoms with van der Waals surface area (Å²) in [4.78, 5) is 19.1. The number of pyridine rings is 1. The molecule has 32 heavy (non-hydrogen) atoms. The highest BCUT2D eigenvalue weighted by molar-refractivity contribution is 6.00. The fourth-order valence-corrected chi connectivity index (χ4v) is 5.37. The molecule has 172 valence electrons. The van der Waals surface area contributed by atoms with E-state index < -0.39 is 0 Å². The second-order valence-electron chi connectivity index (χ2n) is 9.43. The lowest BCUT2D eigenvalue weighted by Gasteiger charge is -2.29. The number of Topliss-reactive ketones (excluding diaryl/α,β-unsaturated/α-hetero) is 1. The molecule has 2 aromatic heterocycles. The van der Waals surface area contributed by atoms with E-state index in [4.69, 9.17) is 5.73 Å². The van der Waals surface area contributed by atoms with Gasteiger partial charge in [-0.05, 0) is 62.3 Å². The molecule has 2 N–H and O–H groups in total. The van der Waals surface area contributed by atoms with Crippen LogP contribution in [0.15, 0.2) is 30.7 Å². The molecule has 1 aliphatic heterocycles. The lowest BCUT2D eigenvalue weighted by Crippen LogP contribution is -2.31. The van der Waals surface area contributed by atoms with E-state index in [2.05, 4.69) is 28.8 Å². The van der Waals surface area contributed by atoms with Gasteiger partial charge >= 0.3 is 0 Å². The van der Waals surface area contributed by atoms with Gasteiger partial charge < -0.3 is 5.73 Å². The van der Waals surface area contributed by atoms with Crippen molar-refractivity contribution in [3.05, 3.63) is 47.7 Å². The van der Waals surface area contributed by atoms with E-state index >= 15 is 0 Å². The monoisotopic (exact) mass is 439 g/mol. The summed E-state index contributed by atoms with van der Waals surface area (Å²) in [5.41, 5.74) is 7.67. The van der Waals surface area contributed by atoms with Crippen LogP contribution in [0.2, 0.25) is 0 Å². The highest BCUT2D eigenvalue weighted by atomic mass is 19.1. The minimum absolute atomic E-state index is 0.0764. The maximum absolute atomic E-state index is 13.6. The van der Waals surface area contributed by atoms with Gasteiger partial charge in [0, 0.05) is 30.9 Å². The smallest absolute Gasteiger partial charge is 0.168 e. The third kappa shape index (κ3) is 4.93. The van der Waals surface area contributed by atoms with Crippen molar-refractivity contribution >= 4 is 17.8 Å². The SMILES string of the molecule is CC(/C=C\n1ncc(C(=O)CCC2CCC[C@@H]2C)c1N)N1CCC[C@@H]1c1cncc(F)c1. The van der Waals surface area contributed by atoms with E-state index in [0.29, 0.717) is 29.6 Å². The molecule has 0 bridgehead atoms. The lowest BCUT2D eigenvalue weighted by atomic mass is 9.91. The number of rotatable bonds is 8. The summed E-state index contributed by atoms with van der Waals surface area (Å²) in [5, 5.41) is 4.32. The predicted octanol–water partition coefficient (Wildman–Crippen LogP) is 5.09. The van der Waals surface area contributed by atoms with E-state index in [0.717, 1.165) is 31.4 Å². The second kappa shape index (κ2) is 9.94. The Morgan fingerprint density at radius 2 is 2.12 bits per heavy atom. The lowest BCUT2D eigenvalue weighted by molar-refractivity contribution is 0.0972. The van der Waals surface area contributed by atoms with Gasteiger partial charge in [0.05, 0.1) is 18.0 Å². The molecular weight excluding hydrogens is 405 g/mol. The summed E-state index contributed by atoms with van der Waals surface area (Å²) < 4.78 is 15.2. The number of ketones is 1. The summed E-state index contributed by atoms with van der Waals surface area (Å²) in [6.45, 7) is 5.33. The molecule has 6 nitrogen and oxygen atoms in total. The molecule has 1 saturated carbocycles. The van der Waals surface area contributed by atoms with Gasteiger partial charge in [-0.1, -0.05) is 26.2 Å². The largest absolute Gasteiger partial charge is 0.383 e. The first-order chi connectivity index (χ1) is 15.4. The van der Waals surface area contributed by atoms with Gasteiger partial charge in [0.15, 0.2) is 5.78 Å². The highest BCUT2D eigenvalue weighted by Crippen LogP contribution is 2.35. The first-order valence-electron chi connectivity index (χ1n) is 11.8. The number of carbonyl (C=O) groups is 1. The van der Waals surface area contributed by atoms with E-state index in [1.807, 2.05) is 12.3 Å². The Morgan fingerprint density at radius 3 is 2.88 bits per heavy atom. The minimum Gasteiger partial charge on any atom is -0.383 e. The summed E-state index contributed by atoms with van der Waals surface area (Å²) in [6, 6.07) is 1.82. The summed E-state index contributed by atoms with van der Waals surface area (Å²) in [6.07, 6.45) is 15.7. The van der Waals surface area contributed by atoms with Crippen molar-refractivity contribution in [2.75, 3.05) is 12.3 Å². The van der Waals surface area contributed by atoms with Gasteiger partial charge in [-0.2, -0.15) is 5.10 Å². The molecule has 2 fully saturated rings. The van der Waals surface area contributed by atoms with Gasteiger partial charge in [0.25, 0.3) is 0 Å². The Labute approximate surface area is 189 Å². The quantitative estimate of drug-likeness (QED) is 0.580. The second-order valence-corrected chi connectivity index (χ2v) is 9.43. The molecule has 0 spiro atoms. The number of halogens is 1. The van der Waals surface area contributed by atoms with Crippen molar-refractivity contribution in [1.82, 2.24) is 19.7 Å². The van der Waals surface area contributed by atoms with Crippen LogP contribution in [-0.4, -0.2) is 38.0 Å². The van der Waals surface area contributed by atoms with Crippen molar-refractivity contribution in [2.45, 2.75) is 70.9 Å². The maximum Gasteiger partial charge on any atom is 0.168 e. The summed E-state index contributed by atoms with van der Waals surface area (Å²) in [7, 11) is 0. The van der Waals surface area contributed by atoms with Gasteiger partial charge in [0.2, 0.25) is 0 Å². The number of likely N-dealkylation sites (tertiary alicyclic amines) is 1. The van der Waals surface area contributed by atoms with Crippen LogP contribution < -0.4 is 5.73 Å². The molecule has 1 saturated heterocycles. The Hall–Kier alpha value is -2.54. The van der Waals surface area contributed by atoms with Gasteiger partial charge in [-0.15, -0.1) is 0 Å². The van der Waals surface area contributed by atoms with E-state index in [9.17, 15) is 9.18 Å². The van der Waals surface area contributed by atoms with Gasteiger partial charge in [0.1, 0.15) is 11.6 Å². The first kappa shape index (κ1) is 22.6. The molecule has 0 amide bonds. The number of anilines is 1. The van der Waals surface area contributed by atoms with Crippen molar-refractivity contribution in [3.8, 4) is 0 Å². The fraction of sp³-hybridized carbons (Fsp3) is 0.560. The molecular formula is C25H34FN5O. The fourth-order valence-electron chi connectivity index (χ4n) is 5.37. The molecule has 7 heteroatoms. The summed E-state index contributed by atoms with van der Waals surface area (Å²) in [5.74, 6) is 1.53. The number of carbonyl (C=O) groups excluding carboxylic acids is 1. The zero-order chi connectivity index (χ0) is 22.7. The van der Waals surface area contributed by atoms with Crippen molar-refractivity contribution in [2.24, 2.45) is 11.8 Å². The third-order valence-electron chi connectivity index (χ3n) is 7.35.